The number of halogens is 1. The molecule has 1 saturated heterocycles. The third-order valence-corrected chi connectivity index (χ3v) is 6.91. The van der Waals surface area contributed by atoms with Gasteiger partial charge in [-0.2, -0.15) is 0 Å². The Kier molecular flexibility index (Phi) is 5.40. The fraction of sp³-hybridized carbons (Fsp3) is 0.375. The molecule has 0 bridgehead atoms. The predicted molar refractivity (Wildman–Crippen MR) is 122 cm³/mol. The molecular weight excluding hydrogens is 410 g/mol. The minimum absolute atomic E-state index is 0.266. The summed E-state index contributed by atoms with van der Waals surface area (Å²) in [5.74, 6) is 2.02. The van der Waals surface area contributed by atoms with Crippen molar-refractivity contribution in [2.75, 3.05) is 31.1 Å². The molecule has 1 saturated carbocycles. The summed E-state index contributed by atoms with van der Waals surface area (Å²) in [5, 5.41) is 0.710. The molecule has 160 valence electrons. The summed E-state index contributed by atoms with van der Waals surface area (Å²) in [7, 11) is 0. The van der Waals surface area contributed by atoms with Crippen LogP contribution in [0.1, 0.15) is 31.2 Å². The average Bonchev–Trinajstić information content (AvgIpc) is 3.53. The summed E-state index contributed by atoms with van der Waals surface area (Å²) >= 11 is 6.10. The van der Waals surface area contributed by atoms with Crippen LogP contribution in [0.25, 0.3) is 5.82 Å². The predicted octanol–water partition coefficient (Wildman–Crippen LogP) is 4.08. The molecule has 2 fully saturated rings. The van der Waals surface area contributed by atoms with Crippen molar-refractivity contribution in [1.29, 1.82) is 0 Å². The first-order valence-electron chi connectivity index (χ1n) is 10.9. The topological polar surface area (TPSA) is 54.3 Å². The number of hydrogen-bond acceptors (Lipinski definition) is 4. The van der Waals surface area contributed by atoms with E-state index in [4.69, 9.17) is 11.6 Å². The van der Waals surface area contributed by atoms with Crippen LogP contribution in [0.5, 0.6) is 0 Å². The summed E-state index contributed by atoms with van der Waals surface area (Å²) in [6, 6.07) is 13.8. The van der Waals surface area contributed by atoms with E-state index in [1.165, 1.54) is 0 Å². The number of amides is 1. The van der Waals surface area contributed by atoms with Gasteiger partial charge in [-0.1, -0.05) is 36.6 Å². The molecular formula is C24H26ClN5O. The number of hydrogen-bond donors (Lipinski definition) is 0. The third kappa shape index (κ3) is 3.81. The maximum absolute atomic E-state index is 13.7. The highest BCUT2D eigenvalue weighted by molar-refractivity contribution is 6.30. The van der Waals surface area contributed by atoms with E-state index in [2.05, 4.69) is 14.9 Å². The van der Waals surface area contributed by atoms with Crippen LogP contribution >= 0.6 is 11.6 Å². The van der Waals surface area contributed by atoms with Crippen LogP contribution in [-0.4, -0.2) is 51.5 Å². The SMILES string of the molecule is O=C(N1CCN(c2cc(-n3cccc3)ncn2)CC1)C1(c2ccc(Cl)cc2)CCCC1. The van der Waals surface area contributed by atoms with E-state index in [0.717, 1.165) is 56.0 Å². The van der Waals surface area contributed by atoms with Crippen molar-refractivity contribution < 1.29 is 4.79 Å². The summed E-state index contributed by atoms with van der Waals surface area (Å²) in [6.45, 7) is 2.95. The van der Waals surface area contributed by atoms with Crippen molar-refractivity contribution >= 4 is 23.3 Å². The lowest BCUT2D eigenvalue weighted by atomic mass is 9.77. The van der Waals surface area contributed by atoms with Crippen LogP contribution in [0, 0.1) is 0 Å². The first kappa shape index (κ1) is 20.1. The van der Waals surface area contributed by atoms with Crippen LogP contribution < -0.4 is 4.90 Å². The van der Waals surface area contributed by atoms with Gasteiger partial charge in [-0.05, 0) is 42.7 Å². The smallest absolute Gasteiger partial charge is 0.233 e. The Labute approximate surface area is 187 Å². The highest BCUT2D eigenvalue weighted by Gasteiger charge is 2.45. The number of carbonyl (C=O) groups is 1. The lowest BCUT2D eigenvalue weighted by Gasteiger charge is -2.40. The fourth-order valence-electron chi connectivity index (χ4n) is 4.95. The Morgan fingerprint density at radius 2 is 1.55 bits per heavy atom. The van der Waals surface area contributed by atoms with E-state index in [0.29, 0.717) is 18.1 Å². The summed E-state index contributed by atoms with van der Waals surface area (Å²) in [6.07, 6.45) is 9.58. The number of benzene rings is 1. The van der Waals surface area contributed by atoms with E-state index >= 15 is 0 Å². The molecule has 31 heavy (non-hydrogen) atoms. The highest BCUT2D eigenvalue weighted by atomic mass is 35.5. The van der Waals surface area contributed by atoms with Gasteiger partial charge in [-0.25, -0.2) is 9.97 Å². The normalized spacial score (nSPS) is 18.4. The van der Waals surface area contributed by atoms with Gasteiger partial charge in [0.1, 0.15) is 18.0 Å². The van der Waals surface area contributed by atoms with E-state index in [9.17, 15) is 4.79 Å². The van der Waals surface area contributed by atoms with Crippen molar-refractivity contribution in [1.82, 2.24) is 19.4 Å². The summed E-state index contributed by atoms with van der Waals surface area (Å²) in [4.78, 5) is 26.8. The van der Waals surface area contributed by atoms with Gasteiger partial charge in [0, 0.05) is 49.7 Å². The number of aromatic nitrogens is 3. The van der Waals surface area contributed by atoms with Crippen molar-refractivity contribution in [3.8, 4) is 5.82 Å². The van der Waals surface area contributed by atoms with E-state index in [1.54, 1.807) is 6.33 Å². The Balaban J connectivity index is 1.30. The first-order chi connectivity index (χ1) is 15.2. The molecule has 0 atom stereocenters. The van der Waals surface area contributed by atoms with Gasteiger partial charge in [0.05, 0.1) is 5.41 Å². The van der Waals surface area contributed by atoms with Gasteiger partial charge in [0.15, 0.2) is 0 Å². The second kappa shape index (κ2) is 8.35. The minimum atomic E-state index is -0.400. The average molecular weight is 436 g/mol. The van der Waals surface area contributed by atoms with Crippen LogP contribution in [0.15, 0.2) is 61.2 Å². The molecule has 1 aliphatic carbocycles. The van der Waals surface area contributed by atoms with Gasteiger partial charge >= 0.3 is 0 Å². The number of carbonyl (C=O) groups excluding carboxylic acids is 1. The molecule has 0 spiro atoms. The summed E-state index contributed by atoms with van der Waals surface area (Å²) in [5.41, 5.74) is 0.706. The number of anilines is 1. The lowest BCUT2D eigenvalue weighted by Crippen LogP contribution is -2.54. The molecule has 7 heteroatoms. The molecule has 1 aromatic carbocycles. The zero-order chi connectivity index (χ0) is 21.3. The maximum atomic E-state index is 13.7. The molecule has 5 rings (SSSR count). The van der Waals surface area contributed by atoms with Crippen molar-refractivity contribution in [3.63, 3.8) is 0 Å². The van der Waals surface area contributed by atoms with Gasteiger partial charge in [-0.3, -0.25) is 4.79 Å². The van der Waals surface area contributed by atoms with Crippen LogP contribution in [0.3, 0.4) is 0 Å². The second-order valence-corrected chi connectivity index (χ2v) is 8.84. The molecule has 3 heterocycles. The highest BCUT2D eigenvalue weighted by Crippen LogP contribution is 2.43. The molecule has 3 aromatic rings. The molecule has 2 aliphatic rings. The minimum Gasteiger partial charge on any atom is -0.353 e. The Morgan fingerprint density at radius 3 is 2.23 bits per heavy atom. The largest absolute Gasteiger partial charge is 0.353 e. The Bertz CT molecular complexity index is 1040. The molecule has 1 aliphatic heterocycles. The van der Waals surface area contributed by atoms with Gasteiger partial charge < -0.3 is 14.4 Å². The molecule has 0 radical (unpaired) electrons. The van der Waals surface area contributed by atoms with Crippen LogP contribution in [-0.2, 0) is 10.2 Å². The van der Waals surface area contributed by atoms with Gasteiger partial charge in [0.25, 0.3) is 0 Å². The summed E-state index contributed by atoms with van der Waals surface area (Å²) < 4.78 is 1.97. The molecule has 0 N–H and O–H groups in total. The second-order valence-electron chi connectivity index (χ2n) is 8.40. The van der Waals surface area contributed by atoms with E-state index < -0.39 is 5.41 Å². The fourth-order valence-corrected chi connectivity index (χ4v) is 5.08. The maximum Gasteiger partial charge on any atom is 0.233 e. The van der Waals surface area contributed by atoms with E-state index in [1.807, 2.05) is 64.3 Å². The molecule has 2 aromatic heterocycles. The molecule has 1 amide bonds. The quantitative estimate of drug-likeness (QED) is 0.619. The monoisotopic (exact) mass is 435 g/mol. The molecule has 6 nitrogen and oxygen atoms in total. The van der Waals surface area contributed by atoms with Crippen molar-refractivity contribution in [3.05, 3.63) is 71.8 Å². The van der Waals surface area contributed by atoms with Crippen LogP contribution in [0.2, 0.25) is 5.02 Å². The number of piperazine rings is 1. The standard InChI is InChI=1S/C24H26ClN5O/c25-20-7-5-19(6-8-20)24(9-1-2-10-24)23(31)30-15-13-29(14-16-30)22-17-21(26-18-27-22)28-11-3-4-12-28/h3-8,11-12,17-18H,1-2,9-10,13-16H2. The number of nitrogens with zero attached hydrogens (tertiary/aromatic N) is 5. The Morgan fingerprint density at radius 1 is 0.903 bits per heavy atom. The zero-order valence-electron chi connectivity index (χ0n) is 17.5. The first-order valence-corrected chi connectivity index (χ1v) is 11.3. The van der Waals surface area contributed by atoms with Gasteiger partial charge in [0.2, 0.25) is 5.91 Å². The van der Waals surface area contributed by atoms with Gasteiger partial charge in [-0.15, -0.1) is 0 Å². The lowest BCUT2D eigenvalue weighted by molar-refractivity contribution is -0.137. The van der Waals surface area contributed by atoms with Crippen LogP contribution in [0.4, 0.5) is 5.82 Å². The van der Waals surface area contributed by atoms with E-state index in [-0.39, 0.29) is 5.91 Å². The van der Waals surface area contributed by atoms with Crippen molar-refractivity contribution in [2.24, 2.45) is 0 Å². The number of rotatable bonds is 4. The van der Waals surface area contributed by atoms with Crippen molar-refractivity contribution in [2.45, 2.75) is 31.1 Å². The zero-order valence-corrected chi connectivity index (χ0v) is 18.2. The Hall–Kier alpha value is -2.86. The third-order valence-electron chi connectivity index (χ3n) is 6.66. The molecule has 0 unspecified atom stereocenters.